The largest absolute Gasteiger partial charge is 0.469 e. The Morgan fingerprint density at radius 3 is 2.41 bits per heavy atom. The lowest BCUT2D eigenvalue weighted by molar-refractivity contribution is 0.0113. The first-order valence-corrected chi connectivity index (χ1v) is 11.1. The summed E-state index contributed by atoms with van der Waals surface area (Å²) in [6, 6.07) is 11.9. The summed E-state index contributed by atoms with van der Waals surface area (Å²) in [7, 11) is 0. The molecule has 3 aromatic rings. The van der Waals surface area contributed by atoms with Gasteiger partial charge in [0.05, 0.1) is 18.5 Å². The standard InChI is InChI=1S/C23H29N5O3S/c1-17-19(10-15-30-17)20-24-27(21(32)28(20)18-8-6-5-7-9-18)16-25-11-13-26(14-12-25)22(29)31-23(2,3)4/h5-10,15H,11-14,16H2,1-4H3. The summed E-state index contributed by atoms with van der Waals surface area (Å²) in [5.41, 5.74) is 1.37. The van der Waals surface area contributed by atoms with Crippen molar-refractivity contribution in [2.75, 3.05) is 26.2 Å². The number of rotatable bonds is 4. The van der Waals surface area contributed by atoms with Gasteiger partial charge >= 0.3 is 6.09 Å². The molecule has 0 spiro atoms. The number of piperazine rings is 1. The predicted octanol–water partition coefficient (Wildman–Crippen LogP) is 4.48. The monoisotopic (exact) mass is 455 g/mol. The van der Waals surface area contributed by atoms with Crippen LogP contribution >= 0.6 is 12.2 Å². The van der Waals surface area contributed by atoms with Crippen LogP contribution in [-0.4, -0.2) is 62.0 Å². The first-order chi connectivity index (χ1) is 15.2. The van der Waals surface area contributed by atoms with Crippen LogP contribution in [0.4, 0.5) is 4.79 Å². The predicted molar refractivity (Wildman–Crippen MR) is 124 cm³/mol. The zero-order valence-corrected chi connectivity index (χ0v) is 19.8. The van der Waals surface area contributed by atoms with Gasteiger partial charge in [0, 0.05) is 31.9 Å². The Hall–Kier alpha value is -2.91. The van der Waals surface area contributed by atoms with E-state index in [0.29, 0.717) is 24.5 Å². The van der Waals surface area contributed by atoms with E-state index in [1.807, 2.05) is 73.3 Å². The SMILES string of the molecule is Cc1occc1-c1nn(CN2CCN(C(=O)OC(C)(C)C)CC2)c(=S)n1-c1ccccc1. The van der Waals surface area contributed by atoms with Crippen molar-refractivity contribution in [2.24, 2.45) is 0 Å². The van der Waals surface area contributed by atoms with Crippen molar-refractivity contribution in [3.8, 4) is 17.1 Å². The van der Waals surface area contributed by atoms with Crippen molar-refractivity contribution < 1.29 is 13.9 Å². The van der Waals surface area contributed by atoms with Gasteiger partial charge in [-0.1, -0.05) is 18.2 Å². The molecule has 1 aliphatic rings. The molecule has 1 fully saturated rings. The molecule has 1 saturated heterocycles. The zero-order chi connectivity index (χ0) is 22.9. The molecule has 0 atom stereocenters. The van der Waals surface area contributed by atoms with Gasteiger partial charge in [0.15, 0.2) is 5.82 Å². The first kappa shape index (κ1) is 22.3. The minimum absolute atomic E-state index is 0.264. The Labute approximate surface area is 193 Å². The number of ether oxygens (including phenoxy) is 1. The second kappa shape index (κ2) is 8.91. The number of carbonyl (C=O) groups excluding carboxylic acids is 1. The van der Waals surface area contributed by atoms with E-state index < -0.39 is 5.60 Å². The number of aryl methyl sites for hydroxylation is 1. The van der Waals surface area contributed by atoms with Gasteiger partial charge in [-0.05, 0) is 58.1 Å². The van der Waals surface area contributed by atoms with Gasteiger partial charge in [-0.25, -0.2) is 9.48 Å². The number of hydrogen-bond donors (Lipinski definition) is 0. The highest BCUT2D eigenvalue weighted by Crippen LogP contribution is 2.26. The number of benzene rings is 1. The van der Waals surface area contributed by atoms with Gasteiger partial charge in [0.25, 0.3) is 0 Å². The summed E-state index contributed by atoms with van der Waals surface area (Å²) >= 11 is 5.83. The quantitative estimate of drug-likeness (QED) is 0.540. The summed E-state index contributed by atoms with van der Waals surface area (Å²) < 4.78 is 15.4. The minimum Gasteiger partial charge on any atom is -0.469 e. The van der Waals surface area contributed by atoms with Crippen molar-refractivity contribution in [3.05, 3.63) is 53.2 Å². The molecule has 0 saturated carbocycles. The molecule has 0 radical (unpaired) electrons. The minimum atomic E-state index is -0.493. The van der Waals surface area contributed by atoms with Crippen LogP contribution in [0.1, 0.15) is 26.5 Å². The Bertz CT molecular complexity index is 1130. The third-order valence-corrected chi connectivity index (χ3v) is 5.70. The van der Waals surface area contributed by atoms with E-state index >= 15 is 0 Å². The molecule has 8 nitrogen and oxygen atoms in total. The van der Waals surface area contributed by atoms with Crippen LogP contribution in [0.2, 0.25) is 0 Å². The molecule has 0 bridgehead atoms. The maximum atomic E-state index is 12.3. The highest BCUT2D eigenvalue weighted by atomic mass is 32.1. The summed E-state index contributed by atoms with van der Waals surface area (Å²) in [5, 5.41) is 4.85. The Morgan fingerprint density at radius 2 is 1.81 bits per heavy atom. The maximum absolute atomic E-state index is 12.3. The molecular weight excluding hydrogens is 426 g/mol. The molecule has 0 N–H and O–H groups in total. The van der Waals surface area contributed by atoms with Crippen LogP contribution in [0, 0.1) is 11.7 Å². The van der Waals surface area contributed by atoms with E-state index in [9.17, 15) is 4.79 Å². The van der Waals surface area contributed by atoms with Crippen molar-refractivity contribution in [3.63, 3.8) is 0 Å². The third-order valence-electron chi connectivity index (χ3n) is 5.31. The summed E-state index contributed by atoms with van der Waals surface area (Å²) in [6.07, 6.45) is 1.40. The van der Waals surface area contributed by atoms with Crippen LogP contribution in [0.15, 0.2) is 47.1 Å². The van der Waals surface area contributed by atoms with Gasteiger partial charge < -0.3 is 14.1 Å². The van der Waals surface area contributed by atoms with Gasteiger partial charge in [0.1, 0.15) is 11.4 Å². The molecule has 1 aromatic carbocycles. The second-order valence-corrected chi connectivity index (χ2v) is 9.26. The topological polar surface area (TPSA) is 68.7 Å². The third kappa shape index (κ3) is 4.78. The molecule has 1 aliphatic heterocycles. The number of furan rings is 1. The lowest BCUT2D eigenvalue weighted by atomic mass is 10.2. The van der Waals surface area contributed by atoms with E-state index in [-0.39, 0.29) is 6.09 Å². The number of carbonyl (C=O) groups is 1. The van der Waals surface area contributed by atoms with Crippen molar-refractivity contribution in [2.45, 2.75) is 40.0 Å². The van der Waals surface area contributed by atoms with Gasteiger partial charge in [-0.15, -0.1) is 5.10 Å². The van der Waals surface area contributed by atoms with Crippen LogP contribution in [-0.2, 0) is 11.4 Å². The number of nitrogens with zero attached hydrogens (tertiary/aromatic N) is 5. The van der Waals surface area contributed by atoms with Crippen molar-refractivity contribution >= 4 is 18.3 Å². The fourth-order valence-corrected chi connectivity index (χ4v) is 3.98. The van der Waals surface area contributed by atoms with Crippen molar-refractivity contribution in [1.82, 2.24) is 24.1 Å². The number of aromatic nitrogens is 3. The average Bonchev–Trinajstić information content (AvgIpc) is 3.31. The molecule has 32 heavy (non-hydrogen) atoms. The molecule has 0 unspecified atom stereocenters. The summed E-state index contributed by atoms with van der Waals surface area (Å²) in [5.74, 6) is 1.54. The van der Waals surface area contributed by atoms with Crippen LogP contribution in [0.25, 0.3) is 17.1 Å². The molecular formula is C23H29N5O3S. The average molecular weight is 456 g/mol. The highest BCUT2D eigenvalue weighted by molar-refractivity contribution is 7.71. The normalized spacial score (nSPS) is 15.2. The van der Waals surface area contributed by atoms with E-state index in [0.717, 1.165) is 35.9 Å². The van der Waals surface area contributed by atoms with Crippen LogP contribution < -0.4 is 0 Å². The van der Waals surface area contributed by atoms with Gasteiger partial charge in [0.2, 0.25) is 4.77 Å². The smallest absolute Gasteiger partial charge is 0.410 e. The second-order valence-electron chi connectivity index (χ2n) is 8.89. The molecule has 9 heteroatoms. The summed E-state index contributed by atoms with van der Waals surface area (Å²) in [6.45, 7) is 10.8. The highest BCUT2D eigenvalue weighted by Gasteiger charge is 2.26. The van der Waals surface area contributed by atoms with Gasteiger partial charge in [-0.3, -0.25) is 9.47 Å². The van der Waals surface area contributed by atoms with Gasteiger partial charge in [-0.2, -0.15) is 0 Å². The molecule has 4 rings (SSSR count). The van der Waals surface area contributed by atoms with Crippen molar-refractivity contribution in [1.29, 1.82) is 0 Å². The first-order valence-electron chi connectivity index (χ1n) is 10.7. The maximum Gasteiger partial charge on any atom is 0.410 e. The van der Waals surface area contributed by atoms with Crippen LogP contribution in [0.3, 0.4) is 0 Å². The lowest BCUT2D eigenvalue weighted by Gasteiger charge is -2.35. The van der Waals surface area contributed by atoms with Crippen LogP contribution in [0.5, 0.6) is 0 Å². The molecule has 1 amide bonds. The van der Waals surface area contributed by atoms with E-state index in [4.69, 9.17) is 26.5 Å². The lowest BCUT2D eigenvalue weighted by Crippen LogP contribution is -2.50. The Kier molecular flexibility index (Phi) is 6.21. The fourth-order valence-electron chi connectivity index (χ4n) is 3.69. The van der Waals surface area contributed by atoms with E-state index in [1.165, 1.54) is 0 Å². The molecule has 170 valence electrons. The molecule has 2 aromatic heterocycles. The molecule has 0 aliphatic carbocycles. The molecule has 3 heterocycles. The van der Waals surface area contributed by atoms with E-state index in [2.05, 4.69) is 4.90 Å². The zero-order valence-electron chi connectivity index (χ0n) is 18.9. The summed E-state index contributed by atoms with van der Waals surface area (Å²) in [4.78, 5) is 16.3. The number of amides is 1. The van der Waals surface area contributed by atoms with E-state index in [1.54, 1.807) is 11.2 Å². The Morgan fingerprint density at radius 1 is 1.12 bits per heavy atom. The Balaban J connectivity index is 1.54. The number of para-hydroxylation sites is 1. The number of hydrogen-bond acceptors (Lipinski definition) is 6. The fraction of sp³-hybridized carbons (Fsp3) is 0.435.